The van der Waals surface area contributed by atoms with Crippen molar-refractivity contribution in [2.24, 2.45) is 0 Å². The van der Waals surface area contributed by atoms with E-state index in [2.05, 4.69) is 4.90 Å². The summed E-state index contributed by atoms with van der Waals surface area (Å²) >= 11 is 0. The van der Waals surface area contributed by atoms with Crippen molar-refractivity contribution in [2.45, 2.75) is 6.04 Å². The fourth-order valence-corrected chi connectivity index (χ4v) is 4.19. The van der Waals surface area contributed by atoms with Crippen LogP contribution in [0.15, 0.2) is 48.0 Å². The van der Waals surface area contributed by atoms with Gasteiger partial charge in [0.1, 0.15) is 23.1 Å². The number of Topliss-reactive ketones (excluding diaryl/α,β-unsaturated/α-hetero) is 1. The first-order valence-corrected chi connectivity index (χ1v) is 10.6. The molecule has 0 unspecified atom stereocenters. The number of carbonyl (C=O) groups excluding carboxylic acids is 2. The zero-order chi connectivity index (χ0) is 23.5. The van der Waals surface area contributed by atoms with Crippen molar-refractivity contribution < 1.29 is 33.0 Å². The third-order valence-corrected chi connectivity index (χ3v) is 5.90. The summed E-state index contributed by atoms with van der Waals surface area (Å²) in [6.07, 6.45) is 0. The first kappa shape index (κ1) is 22.9. The van der Waals surface area contributed by atoms with Gasteiger partial charge in [0.25, 0.3) is 11.7 Å². The Labute approximate surface area is 189 Å². The molecule has 1 amide bonds. The summed E-state index contributed by atoms with van der Waals surface area (Å²) in [4.78, 5) is 29.5. The highest BCUT2D eigenvalue weighted by Crippen LogP contribution is 2.41. The fraction of sp³-hybridized carbons (Fsp3) is 0.333. The average molecular weight is 458 g/mol. The maximum absolute atomic E-state index is 14.0. The molecule has 2 aromatic carbocycles. The number of ether oxygens (including phenoxy) is 2. The van der Waals surface area contributed by atoms with Crippen molar-refractivity contribution in [3.63, 3.8) is 0 Å². The zero-order valence-electron chi connectivity index (χ0n) is 18.1. The van der Waals surface area contributed by atoms with Crippen LogP contribution >= 0.6 is 0 Å². The first-order chi connectivity index (χ1) is 15.9. The van der Waals surface area contributed by atoms with Gasteiger partial charge >= 0.3 is 0 Å². The van der Waals surface area contributed by atoms with Gasteiger partial charge in [0.15, 0.2) is 0 Å². The molecule has 0 aliphatic carbocycles. The Bertz CT molecular complexity index is 1080. The number of hydrogen-bond donors (Lipinski definition) is 1. The van der Waals surface area contributed by atoms with Gasteiger partial charge in [-0.1, -0.05) is 12.1 Å². The average Bonchev–Trinajstić information content (AvgIpc) is 3.08. The van der Waals surface area contributed by atoms with E-state index in [1.165, 1.54) is 42.3 Å². The van der Waals surface area contributed by atoms with Crippen LogP contribution in [0.2, 0.25) is 0 Å². The fourth-order valence-electron chi connectivity index (χ4n) is 4.19. The number of methoxy groups -OCH3 is 1. The molecule has 2 aliphatic heterocycles. The Morgan fingerprint density at radius 3 is 2.39 bits per heavy atom. The highest BCUT2D eigenvalue weighted by Gasteiger charge is 2.46. The van der Waals surface area contributed by atoms with Crippen LogP contribution in [0.1, 0.15) is 17.2 Å². The molecule has 4 rings (SSSR count). The monoisotopic (exact) mass is 458 g/mol. The summed E-state index contributed by atoms with van der Waals surface area (Å²) in [7, 11) is 1.35. The van der Waals surface area contributed by atoms with E-state index in [0.717, 1.165) is 12.1 Å². The minimum Gasteiger partial charge on any atom is -0.507 e. The maximum Gasteiger partial charge on any atom is 0.295 e. The minimum atomic E-state index is -0.959. The molecule has 0 spiro atoms. The quantitative estimate of drug-likeness (QED) is 0.408. The van der Waals surface area contributed by atoms with Crippen molar-refractivity contribution in [3.8, 4) is 5.75 Å². The third kappa shape index (κ3) is 4.60. The van der Waals surface area contributed by atoms with Gasteiger partial charge in [-0.15, -0.1) is 0 Å². The van der Waals surface area contributed by atoms with Crippen LogP contribution in [-0.2, 0) is 14.3 Å². The second-order valence-electron chi connectivity index (χ2n) is 7.84. The number of morpholine rings is 1. The molecule has 2 fully saturated rings. The zero-order valence-corrected chi connectivity index (χ0v) is 18.1. The van der Waals surface area contributed by atoms with Crippen LogP contribution in [0.4, 0.5) is 8.78 Å². The topological polar surface area (TPSA) is 79.3 Å². The SMILES string of the molecule is COc1ccc(F)cc1C(O)=C1C(=O)C(=O)N(CCN2CCOCC2)[C@H]1c1ccc(F)cc1. The summed E-state index contributed by atoms with van der Waals surface area (Å²) in [5.41, 5.74) is 0.211. The van der Waals surface area contributed by atoms with E-state index in [0.29, 0.717) is 38.4 Å². The number of rotatable bonds is 6. The number of aliphatic hydroxyl groups excluding tert-OH is 1. The van der Waals surface area contributed by atoms with E-state index in [9.17, 15) is 23.5 Å². The van der Waals surface area contributed by atoms with Gasteiger partial charge in [0.05, 0.1) is 37.5 Å². The lowest BCUT2D eigenvalue weighted by molar-refractivity contribution is -0.140. The molecule has 7 nitrogen and oxygen atoms in total. The molecular formula is C24H24F2N2O5. The lowest BCUT2D eigenvalue weighted by Crippen LogP contribution is -2.42. The molecule has 2 aliphatic rings. The first-order valence-electron chi connectivity index (χ1n) is 10.6. The van der Waals surface area contributed by atoms with Crippen LogP contribution in [-0.4, -0.2) is 73.1 Å². The smallest absolute Gasteiger partial charge is 0.295 e. The molecule has 2 saturated heterocycles. The Kier molecular flexibility index (Phi) is 6.71. The van der Waals surface area contributed by atoms with Gasteiger partial charge in [-0.3, -0.25) is 14.5 Å². The Balaban J connectivity index is 1.78. The lowest BCUT2D eigenvalue weighted by Gasteiger charge is -2.31. The van der Waals surface area contributed by atoms with Crippen LogP contribution < -0.4 is 4.74 Å². The summed E-state index contributed by atoms with van der Waals surface area (Å²) < 4.78 is 38.1. The Morgan fingerprint density at radius 2 is 1.73 bits per heavy atom. The molecule has 0 radical (unpaired) electrons. The van der Waals surface area contributed by atoms with Crippen LogP contribution in [0.3, 0.4) is 0 Å². The summed E-state index contributed by atoms with van der Waals surface area (Å²) in [5.74, 6) is -3.20. The number of aliphatic hydroxyl groups is 1. The van der Waals surface area contributed by atoms with E-state index >= 15 is 0 Å². The normalized spacial score (nSPS) is 20.9. The van der Waals surface area contributed by atoms with E-state index in [1.807, 2.05) is 0 Å². The second-order valence-corrected chi connectivity index (χ2v) is 7.84. The van der Waals surface area contributed by atoms with E-state index in [1.54, 1.807) is 0 Å². The van der Waals surface area contributed by atoms with Crippen molar-refractivity contribution in [1.82, 2.24) is 9.80 Å². The van der Waals surface area contributed by atoms with Gasteiger partial charge in [-0.05, 0) is 35.9 Å². The summed E-state index contributed by atoms with van der Waals surface area (Å²) in [6.45, 7) is 3.28. The molecule has 1 N–H and O–H groups in total. The molecule has 0 saturated carbocycles. The van der Waals surface area contributed by atoms with Crippen LogP contribution in [0, 0.1) is 11.6 Å². The van der Waals surface area contributed by atoms with Gasteiger partial charge in [0, 0.05) is 26.2 Å². The van der Waals surface area contributed by atoms with E-state index < -0.39 is 35.1 Å². The van der Waals surface area contributed by atoms with Crippen LogP contribution in [0.5, 0.6) is 5.75 Å². The molecule has 9 heteroatoms. The molecular weight excluding hydrogens is 434 g/mol. The van der Waals surface area contributed by atoms with Gasteiger partial charge in [-0.2, -0.15) is 0 Å². The number of carbonyl (C=O) groups is 2. The van der Waals surface area contributed by atoms with E-state index in [-0.39, 0.29) is 23.4 Å². The number of nitrogens with zero attached hydrogens (tertiary/aromatic N) is 2. The molecule has 2 heterocycles. The highest BCUT2D eigenvalue weighted by molar-refractivity contribution is 6.46. The highest BCUT2D eigenvalue weighted by atomic mass is 19.1. The van der Waals surface area contributed by atoms with E-state index in [4.69, 9.17) is 9.47 Å². The molecule has 2 aromatic rings. The number of ketones is 1. The van der Waals surface area contributed by atoms with Crippen molar-refractivity contribution in [2.75, 3.05) is 46.5 Å². The Hall–Kier alpha value is -3.30. The largest absolute Gasteiger partial charge is 0.507 e. The van der Waals surface area contributed by atoms with Crippen molar-refractivity contribution in [1.29, 1.82) is 0 Å². The predicted molar refractivity (Wildman–Crippen MR) is 116 cm³/mol. The minimum absolute atomic E-state index is 0.0456. The molecule has 1 atom stereocenters. The standard InChI is InChI=1S/C24H24F2N2O5/c1-32-19-7-6-17(26)14-18(19)22(29)20-21(15-2-4-16(25)5-3-15)28(24(31)23(20)30)9-8-27-10-12-33-13-11-27/h2-7,14,21,29H,8-13H2,1H3/t21-/m0/s1. The maximum atomic E-state index is 14.0. The molecule has 0 aromatic heterocycles. The van der Waals surface area contributed by atoms with Gasteiger partial charge in [0.2, 0.25) is 0 Å². The van der Waals surface area contributed by atoms with Crippen molar-refractivity contribution in [3.05, 3.63) is 70.8 Å². The number of likely N-dealkylation sites (tertiary alicyclic amines) is 1. The Morgan fingerprint density at radius 1 is 1.06 bits per heavy atom. The van der Waals surface area contributed by atoms with Gasteiger partial charge in [-0.25, -0.2) is 8.78 Å². The molecule has 174 valence electrons. The van der Waals surface area contributed by atoms with Gasteiger partial charge < -0.3 is 19.5 Å². The number of hydrogen-bond acceptors (Lipinski definition) is 6. The lowest BCUT2D eigenvalue weighted by atomic mass is 9.95. The predicted octanol–water partition coefficient (Wildman–Crippen LogP) is 2.73. The number of benzene rings is 2. The molecule has 33 heavy (non-hydrogen) atoms. The van der Waals surface area contributed by atoms with Crippen LogP contribution in [0.25, 0.3) is 5.76 Å². The second kappa shape index (κ2) is 9.68. The van der Waals surface area contributed by atoms with Crippen molar-refractivity contribution >= 4 is 17.4 Å². The summed E-state index contributed by atoms with van der Waals surface area (Å²) in [5, 5.41) is 11.1. The number of amides is 1. The summed E-state index contributed by atoms with van der Waals surface area (Å²) in [6, 6.07) is 7.93. The number of halogens is 2. The third-order valence-electron chi connectivity index (χ3n) is 5.90. The molecule has 0 bridgehead atoms.